The zero-order chi connectivity index (χ0) is 15.6. The van der Waals surface area contributed by atoms with Gasteiger partial charge < -0.3 is 41.8 Å². The van der Waals surface area contributed by atoms with Crippen molar-refractivity contribution in [2.75, 3.05) is 52.7 Å². The highest BCUT2D eigenvalue weighted by Crippen LogP contribution is 1.71. The molecule has 0 heterocycles. The first-order valence-corrected chi connectivity index (χ1v) is 5.98. The van der Waals surface area contributed by atoms with Crippen molar-refractivity contribution in [1.29, 1.82) is 0 Å². The summed E-state index contributed by atoms with van der Waals surface area (Å²) in [5, 5.41) is 20.9. The van der Waals surface area contributed by atoms with Crippen LogP contribution in [0.3, 0.4) is 0 Å². The summed E-state index contributed by atoms with van der Waals surface area (Å²) in [6.07, 6.45) is 0. The van der Waals surface area contributed by atoms with Gasteiger partial charge in [0.05, 0.1) is 39.6 Å². The van der Waals surface area contributed by atoms with E-state index in [2.05, 4.69) is 15.4 Å². The highest BCUT2D eigenvalue weighted by molar-refractivity contribution is 5.71. The van der Waals surface area contributed by atoms with Crippen LogP contribution in [0.25, 0.3) is 0 Å². The van der Waals surface area contributed by atoms with Gasteiger partial charge in [-0.3, -0.25) is 0 Å². The molecular weight excluding hydrogens is 272 g/mol. The van der Waals surface area contributed by atoms with Gasteiger partial charge in [-0.05, 0) is 0 Å². The van der Waals surface area contributed by atoms with Gasteiger partial charge in [0.1, 0.15) is 0 Å². The SMILES string of the molecule is NC(=O)NCCOCCNC(N)=O.OCCOCCO. The van der Waals surface area contributed by atoms with E-state index in [-0.39, 0.29) is 13.2 Å². The molecule has 0 atom stereocenters. The molecule has 0 fully saturated rings. The fourth-order valence-electron chi connectivity index (χ4n) is 0.826. The number of nitrogens with one attached hydrogen (secondary N) is 2. The lowest BCUT2D eigenvalue weighted by molar-refractivity contribution is 0.0650. The van der Waals surface area contributed by atoms with Gasteiger partial charge in [0.25, 0.3) is 0 Å². The first-order valence-electron chi connectivity index (χ1n) is 5.98. The Bertz CT molecular complexity index is 220. The van der Waals surface area contributed by atoms with Gasteiger partial charge >= 0.3 is 12.1 Å². The number of amides is 4. The molecule has 0 spiro atoms. The Kier molecular flexibility index (Phi) is 18.0. The Morgan fingerprint density at radius 1 is 0.800 bits per heavy atom. The minimum absolute atomic E-state index is 0.0278. The van der Waals surface area contributed by atoms with E-state index < -0.39 is 12.1 Å². The van der Waals surface area contributed by atoms with Crippen molar-refractivity contribution in [3.05, 3.63) is 0 Å². The molecule has 20 heavy (non-hydrogen) atoms. The molecule has 0 aromatic heterocycles. The summed E-state index contributed by atoms with van der Waals surface area (Å²) < 4.78 is 9.63. The van der Waals surface area contributed by atoms with Gasteiger partial charge in [0.15, 0.2) is 0 Å². The van der Waals surface area contributed by atoms with Crippen molar-refractivity contribution < 1.29 is 29.3 Å². The van der Waals surface area contributed by atoms with E-state index in [9.17, 15) is 9.59 Å². The fourth-order valence-corrected chi connectivity index (χ4v) is 0.826. The number of ether oxygens (including phenoxy) is 2. The third kappa shape index (κ3) is 25.3. The monoisotopic (exact) mass is 296 g/mol. The van der Waals surface area contributed by atoms with Crippen LogP contribution < -0.4 is 22.1 Å². The number of carbonyl (C=O) groups excluding carboxylic acids is 2. The van der Waals surface area contributed by atoms with E-state index in [0.717, 1.165) is 0 Å². The topological polar surface area (TPSA) is 169 Å². The molecule has 4 amide bonds. The fraction of sp³-hybridized carbons (Fsp3) is 0.800. The molecular formula is C10H24N4O6. The van der Waals surface area contributed by atoms with Crippen LogP contribution in [0.1, 0.15) is 0 Å². The standard InChI is InChI=1S/C6H14N4O3.C4H10O3/c7-5(11)9-1-3-13-4-2-10-6(8)12;5-1-3-7-4-2-6/h1-4H2,(H3,7,9,11)(H3,8,10,12);5-6H,1-4H2. The zero-order valence-corrected chi connectivity index (χ0v) is 11.3. The molecule has 0 aliphatic rings. The largest absolute Gasteiger partial charge is 0.394 e. The smallest absolute Gasteiger partial charge is 0.312 e. The van der Waals surface area contributed by atoms with Gasteiger partial charge in [-0.25, -0.2) is 9.59 Å². The molecule has 0 saturated carbocycles. The number of urea groups is 2. The van der Waals surface area contributed by atoms with Crippen molar-refractivity contribution in [1.82, 2.24) is 10.6 Å². The minimum atomic E-state index is -0.584. The molecule has 0 rings (SSSR count). The van der Waals surface area contributed by atoms with Crippen LogP contribution in [0.4, 0.5) is 9.59 Å². The van der Waals surface area contributed by atoms with E-state index >= 15 is 0 Å². The molecule has 0 unspecified atom stereocenters. The highest BCUT2D eigenvalue weighted by atomic mass is 16.5. The normalized spacial score (nSPS) is 9.30. The number of hydrogen-bond acceptors (Lipinski definition) is 6. The molecule has 0 aromatic carbocycles. The van der Waals surface area contributed by atoms with Crippen LogP contribution in [0.5, 0.6) is 0 Å². The number of aliphatic hydroxyl groups is 2. The molecule has 120 valence electrons. The zero-order valence-electron chi connectivity index (χ0n) is 11.3. The van der Waals surface area contributed by atoms with E-state index in [1.54, 1.807) is 0 Å². The van der Waals surface area contributed by atoms with Crippen LogP contribution in [-0.4, -0.2) is 75.0 Å². The Labute approximate surface area is 117 Å². The maximum absolute atomic E-state index is 10.2. The van der Waals surface area contributed by atoms with Crippen LogP contribution >= 0.6 is 0 Å². The number of carbonyl (C=O) groups is 2. The van der Waals surface area contributed by atoms with Crippen LogP contribution in [-0.2, 0) is 9.47 Å². The second-order valence-electron chi connectivity index (χ2n) is 3.25. The molecule has 0 saturated heterocycles. The van der Waals surface area contributed by atoms with Crippen molar-refractivity contribution in [3.8, 4) is 0 Å². The molecule has 8 N–H and O–H groups in total. The van der Waals surface area contributed by atoms with Gasteiger partial charge in [-0.2, -0.15) is 0 Å². The summed E-state index contributed by atoms with van der Waals surface area (Å²) in [6.45, 7) is 2.10. The summed E-state index contributed by atoms with van der Waals surface area (Å²) in [4.78, 5) is 20.3. The van der Waals surface area contributed by atoms with Gasteiger partial charge in [0.2, 0.25) is 0 Å². The number of aliphatic hydroxyl groups excluding tert-OH is 2. The molecule has 0 radical (unpaired) electrons. The first kappa shape index (κ1) is 20.7. The number of nitrogens with two attached hydrogens (primary N) is 2. The lowest BCUT2D eigenvalue weighted by Gasteiger charge is -2.04. The van der Waals surface area contributed by atoms with E-state index in [1.165, 1.54) is 0 Å². The van der Waals surface area contributed by atoms with Gasteiger partial charge in [-0.1, -0.05) is 0 Å². The lowest BCUT2D eigenvalue weighted by Crippen LogP contribution is -2.34. The maximum atomic E-state index is 10.2. The molecule has 10 heteroatoms. The predicted molar refractivity (Wildman–Crippen MR) is 71.0 cm³/mol. The first-order chi connectivity index (χ1) is 9.54. The number of rotatable bonds is 10. The van der Waals surface area contributed by atoms with E-state index in [4.69, 9.17) is 26.4 Å². The second kappa shape index (κ2) is 17.4. The average Bonchev–Trinajstić information content (AvgIpc) is 2.38. The van der Waals surface area contributed by atoms with Crippen molar-refractivity contribution in [2.24, 2.45) is 11.5 Å². The molecule has 0 bridgehead atoms. The summed E-state index contributed by atoms with van der Waals surface area (Å²) >= 11 is 0. The van der Waals surface area contributed by atoms with Crippen molar-refractivity contribution >= 4 is 12.1 Å². The summed E-state index contributed by atoms with van der Waals surface area (Å²) in [6, 6.07) is -1.17. The molecule has 10 nitrogen and oxygen atoms in total. The van der Waals surface area contributed by atoms with Crippen molar-refractivity contribution in [3.63, 3.8) is 0 Å². The summed E-state index contributed by atoms with van der Waals surface area (Å²) in [7, 11) is 0. The molecule has 0 aromatic rings. The minimum Gasteiger partial charge on any atom is -0.394 e. The summed E-state index contributed by atoms with van der Waals surface area (Å²) in [5.74, 6) is 0. The van der Waals surface area contributed by atoms with Crippen LogP contribution in [0, 0.1) is 0 Å². The summed E-state index contributed by atoms with van der Waals surface area (Å²) in [5.41, 5.74) is 9.59. The predicted octanol–water partition coefficient (Wildman–Crippen LogP) is -2.67. The number of hydrogen-bond donors (Lipinski definition) is 6. The maximum Gasteiger partial charge on any atom is 0.312 e. The quantitative estimate of drug-likeness (QED) is 0.240. The Balaban J connectivity index is 0. The van der Waals surface area contributed by atoms with Gasteiger partial charge in [-0.15, -0.1) is 0 Å². The van der Waals surface area contributed by atoms with Crippen LogP contribution in [0.15, 0.2) is 0 Å². The van der Waals surface area contributed by atoms with E-state index in [0.29, 0.717) is 39.5 Å². The Hall–Kier alpha value is -1.62. The highest BCUT2D eigenvalue weighted by Gasteiger charge is 1.92. The second-order valence-corrected chi connectivity index (χ2v) is 3.25. The number of primary amides is 2. The lowest BCUT2D eigenvalue weighted by atomic mass is 10.6. The van der Waals surface area contributed by atoms with Gasteiger partial charge in [0, 0.05) is 13.1 Å². The molecule has 0 aliphatic carbocycles. The van der Waals surface area contributed by atoms with Crippen molar-refractivity contribution in [2.45, 2.75) is 0 Å². The molecule has 0 aliphatic heterocycles. The van der Waals surface area contributed by atoms with E-state index in [1.807, 2.05) is 0 Å². The van der Waals surface area contributed by atoms with Crippen LogP contribution in [0.2, 0.25) is 0 Å². The Morgan fingerprint density at radius 2 is 1.15 bits per heavy atom. The third-order valence-electron chi connectivity index (χ3n) is 1.56. The third-order valence-corrected chi connectivity index (χ3v) is 1.56. The average molecular weight is 296 g/mol. The Morgan fingerprint density at radius 3 is 1.45 bits per heavy atom.